The Hall–Kier alpha value is -2.88. The number of nitriles is 1. The van der Waals surface area contributed by atoms with Crippen LogP contribution in [0.5, 0.6) is 5.75 Å². The van der Waals surface area contributed by atoms with Crippen LogP contribution >= 0.6 is 22.9 Å². The Labute approximate surface area is 154 Å². The molecule has 5 nitrogen and oxygen atoms in total. The van der Waals surface area contributed by atoms with Gasteiger partial charge in [0.15, 0.2) is 10.7 Å². The third-order valence-electron chi connectivity index (χ3n) is 3.30. The van der Waals surface area contributed by atoms with Crippen LogP contribution in [0.4, 0.5) is 5.69 Å². The summed E-state index contributed by atoms with van der Waals surface area (Å²) in [7, 11) is 1.62. The molecule has 7 heteroatoms. The van der Waals surface area contributed by atoms with Crippen LogP contribution in [-0.4, -0.2) is 17.8 Å². The van der Waals surface area contributed by atoms with Crippen molar-refractivity contribution in [2.45, 2.75) is 0 Å². The molecule has 0 aliphatic rings. The van der Waals surface area contributed by atoms with E-state index in [0.29, 0.717) is 15.7 Å². The fraction of sp³-hybridized carbons (Fsp3) is 0.0556. The number of hydrogen-bond donors (Lipinski definition) is 1. The zero-order valence-corrected chi connectivity index (χ0v) is 14.8. The van der Waals surface area contributed by atoms with Crippen LogP contribution in [0, 0.1) is 11.3 Å². The average Bonchev–Trinajstić information content (AvgIpc) is 3.12. The quantitative estimate of drug-likeness (QED) is 0.518. The Morgan fingerprint density at radius 2 is 2.12 bits per heavy atom. The van der Waals surface area contributed by atoms with Gasteiger partial charge in [0.25, 0.3) is 0 Å². The molecule has 0 saturated carbocycles. The van der Waals surface area contributed by atoms with Gasteiger partial charge in [0.1, 0.15) is 11.8 Å². The minimum absolute atomic E-state index is 0.208. The summed E-state index contributed by atoms with van der Waals surface area (Å²) in [5.41, 5.74) is 5.42. The van der Waals surface area contributed by atoms with Gasteiger partial charge in [-0.2, -0.15) is 10.4 Å². The van der Waals surface area contributed by atoms with E-state index < -0.39 is 0 Å². The van der Waals surface area contributed by atoms with E-state index in [1.807, 2.05) is 35.7 Å². The van der Waals surface area contributed by atoms with E-state index in [0.717, 1.165) is 17.0 Å². The molecule has 0 bridgehead atoms. The molecule has 2 aromatic carbocycles. The van der Waals surface area contributed by atoms with Crippen LogP contribution in [0.25, 0.3) is 11.3 Å². The summed E-state index contributed by atoms with van der Waals surface area (Å²) in [6.45, 7) is 0. The molecule has 0 amide bonds. The number of rotatable bonds is 5. The van der Waals surface area contributed by atoms with Gasteiger partial charge in [0.05, 0.1) is 18.5 Å². The van der Waals surface area contributed by atoms with Crippen molar-refractivity contribution >= 4 is 34.3 Å². The molecule has 25 heavy (non-hydrogen) atoms. The van der Waals surface area contributed by atoms with Gasteiger partial charge in [-0.3, -0.25) is 5.43 Å². The predicted molar refractivity (Wildman–Crippen MR) is 101 cm³/mol. The molecule has 0 spiro atoms. The number of anilines is 1. The van der Waals surface area contributed by atoms with E-state index >= 15 is 0 Å². The normalized spacial score (nSPS) is 11.0. The fourth-order valence-corrected chi connectivity index (χ4v) is 3.05. The number of aromatic nitrogens is 1. The maximum atomic E-state index is 9.37. The molecule has 0 aliphatic heterocycles. The molecule has 1 heterocycles. The smallest absolute Gasteiger partial charge is 0.196 e. The Morgan fingerprint density at radius 1 is 1.28 bits per heavy atom. The monoisotopic (exact) mass is 368 g/mol. The summed E-state index contributed by atoms with van der Waals surface area (Å²) in [5.74, 6) is 0.754. The lowest BCUT2D eigenvalue weighted by atomic mass is 10.2. The molecular weight excluding hydrogens is 356 g/mol. The Bertz CT molecular complexity index is 961. The number of benzene rings is 2. The highest BCUT2D eigenvalue weighted by molar-refractivity contribution is 7.12. The number of hydrogen-bond acceptors (Lipinski definition) is 6. The minimum atomic E-state index is 0.208. The third kappa shape index (κ3) is 4.15. The average molecular weight is 369 g/mol. The number of nitrogens with zero attached hydrogens (tertiary/aromatic N) is 3. The van der Waals surface area contributed by atoms with Crippen LogP contribution < -0.4 is 10.2 Å². The lowest BCUT2D eigenvalue weighted by Crippen LogP contribution is -2.01. The second-order valence-corrected chi connectivity index (χ2v) is 6.26. The largest absolute Gasteiger partial charge is 0.497 e. The molecule has 0 atom stereocenters. The summed E-state index contributed by atoms with van der Waals surface area (Å²) in [5, 5.41) is 16.5. The molecule has 3 aromatic rings. The van der Waals surface area contributed by atoms with Crippen LogP contribution in [-0.2, 0) is 0 Å². The second-order valence-electron chi connectivity index (χ2n) is 4.96. The summed E-state index contributed by atoms with van der Waals surface area (Å²) in [6, 6.07) is 16.8. The zero-order chi connectivity index (χ0) is 17.6. The van der Waals surface area contributed by atoms with Crippen molar-refractivity contribution in [3.63, 3.8) is 0 Å². The van der Waals surface area contributed by atoms with Gasteiger partial charge in [-0.15, -0.1) is 11.3 Å². The highest BCUT2D eigenvalue weighted by atomic mass is 35.5. The first-order valence-corrected chi connectivity index (χ1v) is 8.55. The molecule has 1 N–H and O–H groups in total. The van der Waals surface area contributed by atoms with Crippen LogP contribution in [0.3, 0.4) is 0 Å². The van der Waals surface area contributed by atoms with Crippen molar-refractivity contribution in [2.24, 2.45) is 5.10 Å². The SMILES string of the molecule is COc1cccc(-c2csc(/C(C#N)=N/Nc3cccc(Cl)c3)n2)c1. The molecule has 0 radical (unpaired) electrons. The first-order valence-electron chi connectivity index (χ1n) is 7.29. The molecule has 0 unspecified atom stereocenters. The zero-order valence-electron chi connectivity index (χ0n) is 13.2. The van der Waals surface area contributed by atoms with Crippen LogP contribution in [0.1, 0.15) is 5.01 Å². The second kappa shape index (κ2) is 7.79. The molecule has 0 fully saturated rings. The maximum absolute atomic E-state index is 9.37. The third-order valence-corrected chi connectivity index (χ3v) is 4.38. The Kier molecular flexibility index (Phi) is 5.29. The van der Waals surface area contributed by atoms with Gasteiger partial charge >= 0.3 is 0 Å². The maximum Gasteiger partial charge on any atom is 0.196 e. The number of hydrazone groups is 1. The summed E-state index contributed by atoms with van der Waals surface area (Å²) < 4.78 is 5.23. The number of halogens is 1. The fourth-order valence-electron chi connectivity index (χ4n) is 2.10. The van der Waals surface area contributed by atoms with E-state index in [-0.39, 0.29) is 5.71 Å². The van der Waals surface area contributed by atoms with E-state index in [9.17, 15) is 5.26 Å². The van der Waals surface area contributed by atoms with E-state index in [4.69, 9.17) is 16.3 Å². The first-order chi connectivity index (χ1) is 12.2. The number of thiazole rings is 1. The molecule has 3 rings (SSSR count). The number of ether oxygens (including phenoxy) is 1. The van der Waals surface area contributed by atoms with Crippen molar-refractivity contribution in [1.82, 2.24) is 4.98 Å². The van der Waals surface area contributed by atoms with Gasteiger partial charge < -0.3 is 4.74 Å². The van der Waals surface area contributed by atoms with Gasteiger partial charge in [0.2, 0.25) is 0 Å². The van der Waals surface area contributed by atoms with Gasteiger partial charge in [-0.05, 0) is 30.3 Å². The van der Waals surface area contributed by atoms with Crippen molar-refractivity contribution in [3.8, 4) is 23.1 Å². The van der Waals surface area contributed by atoms with Crippen molar-refractivity contribution < 1.29 is 4.74 Å². The Morgan fingerprint density at radius 3 is 2.88 bits per heavy atom. The lowest BCUT2D eigenvalue weighted by molar-refractivity contribution is 0.415. The van der Waals surface area contributed by atoms with Gasteiger partial charge in [-0.25, -0.2) is 4.98 Å². The van der Waals surface area contributed by atoms with Crippen molar-refractivity contribution in [2.75, 3.05) is 12.5 Å². The summed E-state index contributed by atoms with van der Waals surface area (Å²) in [6.07, 6.45) is 0. The lowest BCUT2D eigenvalue weighted by Gasteiger charge is -2.02. The first kappa shape index (κ1) is 17.0. The van der Waals surface area contributed by atoms with Gasteiger partial charge in [0, 0.05) is 16.0 Å². The topological polar surface area (TPSA) is 70.3 Å². The molecular formula is C18H13ClN4OS. The Balaban J connectivity index is 1.84. The van der Waals surface area contributed by atoms with Crippen molar-refractivity contribution in [1.29, 1.82) is 5.26 Å². The summed E-state index contributed by atoms with van der Waals surface area (Å²) >= 11 is 7.29. The molecule has 0 saturated heterocycles. The number of methoxy groups -OCH3 is 1. The molecule has 1 aromatic heterocycles. The van der Waals surface area contributed by atoms with Crippen molar-refractivity contribution in [3.05, 3.63) is 63.9 Å². The number of nitrogens with one attached hydrogen (secondary N) is 1. The van der Waals surface area contributed by atoms with E-state index in [1.165, 1.54) is 11.3 Å². The minimum Gasteiger partial charge on any atom is -0.497 e. The molecule has 0 aliphatic carbocycles. The summed E-state index contributed by atoms with van der Waals surface area (Å²) in [4.78, 5) is 4.50. The van der Waals surface area contributed by atoms with E-state index in [1.54, 1.807) is 25.3 Å². The predicted octanol–water partition coefficient (Wildman–Crippen LogP) is 4.81. The van der Waals surface area contributed by atoms with Crippen LogP contribution in [0.2, 0.25) is 5.02 Å². The standard InChI is InChI=1S/C18H13ClN4OS/c1-24-15-7-2-4-12(8-15)17-11-25-18(21-17)16(10-20)23-22-14-6-3-5-13(19)9-14/h2-9,11,22H,1H3/b23-16+. The highest BCUT2D eigenvalue weighted by Crippen LogP contribution is 2.25. The highest BCUT2D eigenvalue weighted by Gasteiger charge is 2.11. The van der Waals surface area contributed by atoms with Crippen LogP contribution in [0.15, 0.2) is 59.0 Å². The molecule has 124 valence electrons. The van der Waals surface area contributed by atoms with Gasteiger partial charge in [-0.1, -0.05) is 29.8 Å². The van der Waals surface area contributed by atoms with E-state index in [2.05, 4.69) is 21.6 Å².